The van der Waals surface area contributed by atoms with Gasteiger partial charge in [0.1, 0.15) is 0 Å². The van der Waals surface area contributed by atoms with E-state index in [1.54, 1.807) is 29.4 Å². The van der Waals surface area contributed by atoms with Crippen LogP contribution in [0.4, 0.5) is 0 Å². The number of pyridine rings is 1. The second kappa shape index (κ2) is 5.18. The topological polar surface area (TPSA) is 53.2 Å². The average molecular weight is 262 g/mol. The Morgan fingerprint density at radius 3 is 2.72 bits per heavy atom. The van der Waals surface area contributed by atoms with E-state index in [2.05, 4.69) is 4.98 Å². The second-order valence-electron chi connectivity index (χ2n) is 4.05. The van der Waals surface area contributed by atoms with Crippen LogP contribution in [-0.2, 0) is 0 Å². The van der Waals surface area contributed by atoms with Gasteiger partial charge >= 0.3 is 0 Å². The molecule has 0 unspecified atom stereocenters. The molecule has 0 bridgehead atoms. The summed E-state index contributed by atoms with van der Waals surface area (Å²) in [5.74, 6) is -0.104. The maximum absolute atomic E-state index is 12.2. The highest BCUT2D eigenvalue weighted by Crippen LogP contribution is 2.24. The maximum atomic E-state index is 12.2. The quantitative estimate of drug-likeness (QED) is 0.922. The predicted octanol–water partition coefficient (Wildman–Crippen LogP) is 2.27. The van der Waals surface area contributed by atoms with Gasteiger partial charge < -0.3 is 9.88 Å². The van der Waals surface area contributed by atoms with E-state index in [9.17, 15) is 9.59 Å². The van der Waals surface area contributed by atoms with E-state index in [-0.39, 0.29) is 17.5 Å². The van der Waals surface area contributed by atoms with Gasteiger partial charge in [0.15, 0.2) is 0 Å². The molecule has 1 atom stereocenters. The van der Waals surface area contributed by atoms with Crippen molar-refractivity contribution in [1.29, 1.82) is 0 Å². The molecule has 0 aliphatic carbocycles. The maximum Gasteiger partial charge on any atom is 0.255 e. The van der Waals surface area contributed by atoms with Crippen molar-refractivity contribution in [2.24, 2.45) is 0 Å². The molecule has 2 aromatic heterocycles. The van der Waals surface area contributed by atoms with E-state index in [4.69, 9.17) is 0 Å². The molecule has 2 heterocycles. The first-order valence-electron chi connectivity index (χ1n) is 5.59. The van der Waals surface area contributed by atoms with Crippen LogP contribution in [0.5, 0.6) is 0 Å². The Kier molecular flexibility index (Phi) is 3.62. The number of hydrogen-bond donors (Lipinski definition) is 1. The fourth-order valence-electron chi connectivity index (χ4n) is 1.64. The number of rotatable bonds is 3. The Morgan fingerprint density at radius 1 is 1.39 bits per heavy atom. The molecule has 2 rings (SSSR count). The summed E-state index contributed by atoms with van der Waals surface area (Å²) >= 11 is 1.62. The van der Waals surface area contributed by atoms with Crippen molar-refractivity contribution >= 4 is 17.2 Å². The number of nitrogens with one attached hydrogen (secondary N) is 1. The second-order valence-corrected chi connectivity index (χ2v) is 5.03. The van der Waals surface area contributed by atoms with Gasteiger partial charge in [-0.1, -0.05) is 6.07 Å². The lowest BCUT2D eigenvalue weighted by Crippen LogP contribution is -2.29. The molecule has 0 fully saturated rings. The summed E-state index contributed by atoms with van der Waals surface area (Å²) < 4.78 is 0. The van der Waals surface area contributed by atoms with E-state index in [1.807, 2.05) is 24.4 Å². The summed E-state index contributed by atoms with van der Waals surface area (Å²) in [4.78, 5) is 28.5. The van der Waals surface area contributed by atoms with Gasteiger partial charge in [-0.25, -0.2) is 0 Å². The minimum absolute atomic E-state index is 0.0180. The molecule has 0 saturated heterocycles. The third-order valence-corrected chi connectivity index (χ3v) is 3.93. The van der Waals surface area contributed by atoms with E-state index < -0.39 is 0 Å². The van der Waals surface area contributed by atoms with Crippen LogP contribution in [-0.4, -0.2) is 22.8 Å². The molecule has 0 radical (unpaired) electrons. The van der Waals surface area contributed by atoms with Crippen molar-refractivity contribution in [2.45, 2.75) is 13.0 Å². The number of carbonyl (C=O) groups excluding carboxylic acids is 1. The summed E-state index contributed by atoms with van der Waals surface area (Å²) in [7, 11) is 1.76. The van der Waals surface area contributed by atoms with Crippen LogP contribution >= 0.6 is 11.3 Å². The Morgan fingerprint density at radius 2 is 2.17 bits per heavy atom. The molecule has 1 amide bonds. The molecule has 0 spiro atoms. The van der Waals surface area contributed by atoms with Crippen molar-refractivity contribution in [1.82, 2.24) is 9.88 Å². The smallest absolute Gasteiger partial charge is 0.255 e. The lowest BCUT2D eigenvalue weighted by atomic mass is 10.2. The third-order valence-electron chi connectivity index (χ3n) is 2.89. The Labute approximate surface area is 109 Å². The monoisotopic (exact) mass is 262 g/mol. The summed E-state index contributed by atoms with van der Waals surface area (Å²) in [5.41, 5.74) is 0.279. The van der Waals surface area contributed by atoms with Gasteiger partial charge in [0, 0.05) is 24.2 Å². The number of nitrogens with zero attached hydrogens (tertiary/aromatic N) is 1. The minimum Gasteiger partial charge on any atom is -0.334 e. The number of hydrogen-bond acceptors (Lipinski definition) is 3. The molecule has 4 nitrogen and oxygen atoms in total. The Bertz CT molecular complexity index is 569. The number of aromatic amines is 1. The van der Waals surface area contributed by atoms with Gasteiger partial charge in [0.2, 0.25) is 5.56 Å². The lowest BCUT2D eigenvalue weighted by molar-refractivity contribution is 0.0744. The lowest BCUT2D eigenvalue weighted by Gasteiger charge is -2.24. The van der Waals surface area contributed by atoms with Crippen molar-refractivity contribution in [3.8, 4) is 0 Å². The van der Waals surface area contributed by atoms with E-state index in [1.165, 1.54) is 12.3 Å². The molecule has 1 N–H and O–H groups in total. The molecular formula is C13H14N2O2S. The van der Waals surface area contributed by atoms with Crippen LogP contribution in [0, 0.1) is 0 Å². The molecule has 94 valence electrons. The number of thiophene rings is 1. The number of H-pyrrole nitrogens is 1. The van der Waals surface area contributed by atoms with E-state index in [0.29, 0.717) is 5.56 Å². The highest BCUT2D eigenvalue weighted by Gasteiger charge is 2.19. The third kappa shape index (κ3) is 2.51. The van der Waals surface area contributed by atoms with Crippen LogP contribution in [0.1, 0.15) is 28.2 Å². The van der Waals surface area contributed by atoms with Crippen LogP contribution in [0.2, 0.25) is 0 Å². The summed E-state index contributed by atoms with van der Waals surface area (Å²) in [6.07, 6.45) is 1.45. The SMILES string of the molecule is C[C@@H](c1cccs1)N(C)C(=O)c1ccc(=O)[nH]c1. The average Bonchev–Trinajstić information content (AvgIpc) is 2.91. The zero-order chi connectivity index (χ0) is 13.1. The van der Waals surface area contributed by atoms with Crippen LogP contribution in [0.25, 0.3) is 0 Å². The van der Waals surface area contributed by atoms with Gasteiger partial charge in [0.05, 0.1) is 11.6 Å². The molecule has 5 heteroatoms. The summed E-state index contributed by atoms with van der Waals surface area (Å²) in [6, 6.07) is 6.89. The molecule has 0 saturated carbocycles. The molecule has 2 aromatic rings. The van der Waals surface area contributed by atoms with Crippen molar-refractivity contribution in [3.63, 3.8) is 0 Å². The Balaban J connectivity index is 2.18. The molecule has 0 aliphatic rings. The number of aromatic nitrogens is 1. The first-order valence-corrected chi connectivity index (χ1v) is 6.47. The molecule has 0 aromatic carbocycles. The zero-order valence-electron chi connectivity index (χ0n) is 10.2. The van der Waals surface area contributed by atoms with Gasteiger partial charge in [-0.15, -0.1) is 11.3 Å². The molecule has 0 aliphatic heterocycles. The van der Waals surface area contributed by atoms with Crippen molar-refractivity contribution in [2.75, 3.05) is 7.05 Å². The minimum atomic E-state index is -0.208. The summed E-state index contributed by atoms with van der Waals surface area (Å²) in [6.45, 7) is 1.98. The van der Waals surface area contributed by atoms with Gasteiger partial charge in [-0.2, -0.15) is 0 Å². The van der Waals surface area contributed by atoms with Gasteiger partial charge in [-0.05, 0) is 24.4 Å². The van der Waals surface area contributed by atoms with Gasteiger partial charge in [0.25, 0.3) is 5.91 Å². The normalized spacial score (nSPS) is 12.1. The van der Waals surface area contributed by atoms with Crippen molar-refractivity contribution in [3.05, 3.63) is 56.6 Å². The first-order chi connectivity index (χ1) is 8.59. The number of amides is 1. The fourth-order valence-corrected chi connectivity index (χ4v) is 2.47. The van der Waals surface area contributed by atoms with E-state index in [0.717, 1.165) is 4.88 Å². The number of carbonyl (C=O) groups is 1. The zero-order valence-corrected chi connectivity index (χ0v) is 11.0. The first kappa shape index (κ1) is 12.6. The van der Waals surface area contributed by atoms with E-state index >= 15 is 0 Å². The highest BCUT2D eigenvalue weighted by atomic mass is 32.1. The van der Waals surface area contributed by atoms with Crippen LogP contribution in [0.3, 0.4) is 0 Å². The Hall–Kier alpha value is -1.88. The predicted molar refractivity (Wildman–Crippen MR) is 71.9 cm³/mol. The van der Waals surface area contributed by atoms with Crippen LogP contribution < -0.4 is 5.56 Å². The molecule has 18 heavy (non-hydrogen) atoms. The fraction of sp³-hybridized carbons (Fsp3) is 0.231. The highest BCUT2D eigenvalue weighted by molar-refractivity contribution is 7.10. The van der Waals surface area contributed by atoms with Crippen LogP contribution in [0.15, 0.2) is 40.6 Å². The largest absolute Gasteiger partial charge is 0.334 e. The van der Waals surface area contributed by atoms with Gasteiger partial charge in [-0.3, -0.25) is 9.59 Å². The van der Waals surface area contributed by atoms with Crippen molar-refractivity contribution < 1.29 is 4.79 Å². The standard InChI is InChI=1S/C13H14N2O2S/c1-9(11-4-3-7-18-11)15(2)13(17)10-5-6-12(16)14-8-10/h3-9H,1-2H3,(H,14,16)/t9-/m0/s1. The molecular weight excluding hydrogens is 248 g/mol. The summed E-state index contributed by atoms with van der Waals surface area (Å²) in [5, 5.41) is 1.99.